The maximum Gasteiger partial charge on any atom is 0.110 e. The number of allylic oxidation sites excluding steroid dienone is 1. The van der Waals surface area contributed by atoms with Crippen molar-refractivity contribution in [2.24, 2.45) is 5.73 Å². The van der Waals surface area contributed by atoms with Gasteiger partial charge in [0.15, 0.2) is 0 Å². The topological polar surface area (TPSA) is 38.9 Å². The molecule has 13 heavy (non-hydrogen) atoms. The number of nitrogens with zero attached hydrogens (tertiary/aromatic N) is 1. The van der Waals surface area contributed by atoms with Crippen LogP contribution < -0.4 is 5.73 Å². The Bertz CT molecular complexity index is 286. The van der Waals surface area contributed by atoms with E-state index >= 15 is 0 Å². The second-order valence-electron chi connectivity index (χ2n) is 2.86. The van der Waals surface area contributed by atoms with Gasteiger partial charge in [0.25, 0.3) is 0 Å². The van der Waals surface area contributed by atoms with Crippen molar-refractivity contribution in [2.45, 2.75) is 18.9 Å². The van der Waals surface area contributed by atoms with E-state index in [9.17, 15) is 0 Å². The molecule has 0 aromatic carbocycles. The van der Waals surface area contributed by atoms with Gasteiger partial charge in [-0.2, -0.15) is 0 Å². The van der Waals surface area contributed by atoms with Gasteiger partial charge >= 0.3 is 0 Å². The zero-order valence-corrected chi connectivity index (χ0v) is 9.00. The molecular weight excluding hydrogens is 228 g/mol. The molecule has 1 aromatic rings. The summed E-state index contributed by atoms with van der Waals surface area (Å²) >= 11 is 3.37. The SMILES string of the molecule is C=CCC[C@@H](N)c1cccnc1Br. The highest BCUT2D eigenvalue weighted by atomic mass is 79.9. The molecule has 0 aliphatic rings. The van der Waals surface area contributed by atoms with Crippen LogP contribution in [0.15, 0.2) is 35.6 Å². The molecule has 1 heterocycles. The van der Waals surface area contributed by atoms with E-state index in [-0.39, 0.29) is 6.04 Å². The summed E-state index contributed by atoms with van der Waals surface area (Å²) < 4.78 is 0.839. The molecule has 1 atom stereocenters. The largest absolute Gasteiger partial charge is 0.324 e. The zero-order chi connectivity index (χ0) is 9.68. The second-order valence-corrected chi connectivity index (χ2v) is 3.61. The smallest absolute Gasteiger partial charge is 0.110 e. The number of nitrogens with two attached hydrogens (primary N) is 1. The van der Waals surface area contributed by atoms with Crippen LogP contribution in [0.2, 0.25) is 0 Å². The van der Waals surface area contributed by atoms with E-state index in [4.69, 9.17) is 5.73 Å². The minimum atomic E-state index is 0.0427. The minimum Gasteiger partial charge on any atom is -0.324 e. The van der Waals surface area contributed by atoms with Crippen LogP contribution in [0.25, 0.3) is 0 Å². The van der Waals surface area contributed by atoms with Gasteiger partial charge in [0, 0.05) is 17.8 Å². The summed E-state index contributed by atoms with van der Waals surface area (Å²) in [6, 6.07) is 3.93. The third-order valence-electron chi connectivity index (χ3n) is 1.87. The summed E-state index contributed by atoms with van der Waals surface area (Å²) in [5, 5.41) is 0. The van der Waals surface area contributed by atoms with Crippen LogP contribution >= 0.6 is 15.9 Å². The van der Waals surface area contributed by atoms with Gasteiger partial charge in [0.1, 0.15) is 4.60 Å². The lowest BCUT2D eigenvalue weighted by atomic mass is 10.1. The molecule has 0 spiro atoms. The molecule has 0 amide bonds. The first-order valence-corrected chi connectivity index (χ1v) is 5.02. The molecule has 0 aliphatic carbocycles. The van der Waals surface area contributed by atoms with Crippen molar-refractivity contribution in [1.29, 1.82) is 0 Å². The monoisotopic (exact) mass is 240 g/mol. The number of pyridine rings is 1. The van der Waals surface area contributed by atoms with Crippen LogP contribution in [-0.2, 0) is 0 Å². The van der Waals surface area contributed by atoms with Crippen LogP contribution in [0.4, 0.5) is 0 Å². The Morgan fingerprint density at radius 2 is 2.46 bits per heavy atom. The second kappa shape index (κ2) is 5.14. The van der Waals surface area contributed by atoms with Crippen LogP contribution in [0, 0.1) is 0 Å². The maximum absolute atomic E-state index is 5.96. The van der Waals surface area contributed by atoms with Crippen molar-refractivity contribution < 1.29 is 0 Å². The first-order valence-electron chi connectivity index (χ1n) is 4.22. The lowest BCUT2D eigenvalue weighted by Gasteiger charge is -2.11. The standard InChI is InChI=1S/C10H13BrN2/c1-2-3-6-9(12)8-5-4-7-13-10(8)11/h2,4-5,7,9H,1,3,6,12H2/t9-/m1/s1. The molecule has 70 valence electrons. The molecule has 2 N–H and O–H groups in total. The van der Waals surface area contributed by atoms with Crippen molar-refractivity contribution in [1.82, 2.24) is 4.98 Å². The Morgan fingerprint density at radius 1 is 1.69 bits per heavy atom. The first kappa shape index (κ1) is 10.4. The molecule has 0 fully saturated rings. The molecular formula is C10H13BrN2. The van der Waals surface area contributed by atoms with Crippen molar-refractivity contribution >= 4 is 15.9 Å². The van der Waals surface area contributed by atoms with E-state index in [1.165, 1.54) is 0 Å². The van der Waals surface area contributed by atoms with Crippen LogP contribution in [-0.4, -0.2) is 4.98 Å². The average molecular weight is 241 g/mol. The first-order chi connectivity index (χ1) is 6.25. The summed E-state index contributed by atoms with van der Waals surface area (Å²) in [4.78, 5) is 4.12. The average Bonchev–Trinajstić information content (AvgIpc) is 2.15. The normalized spacial score (nSPS) is 12.5. The fourth-order valence-corrected chi connectivity index (χ4v) is 1.67. The Morgan fingerprint density at radius 3 is 3.08 bits per heavy atom. The van der Waals surface area contributed by atoms with Gasteiger partial charge in [-0.3, -0.25) is 0 Å². The lowest BCUT2D eigenvalue weighted by molar-refractivity contribution is 0.655. The van der Waals surface area contributed by atoms with Crippen molar-refractivity contribution in [3.8, 4) is 0 Å². The zero-order valence-electron chi connectivity index (χ0n) is 7.41. The molecule has 0 radical (unpaired) electrons. The number of rotatable bonds is 4. The predicted octanol–water partition coefficient (Wildman–Crippen LogP) is 2.81. The molecule has 0 aliphatic heterocycles. The minimum absolute atomic E-state index is 0.0427. The highest BCUT2D eigenvalue weighted by Gasteiger charge is 2.08. The molecule has 1 aromatic heterocycles. The van der Waals surface area contributed by atoms with Gasteiger partial charge < -0.3 is 5.73 Å². The number of aromatic nitrogens is 1. The third-order valence-corrected chi connectivity index (χ3v) is 2.53. The van der Waals surface area contributed by atoms with Gasteiger partial charge in [0.05, 0.1) is 0 Å². The molecule has 0 bridgehead atoms. The van der Waals surface area contributed by atoms with E-state index in [2.05, 4.69) is 27.5 Å². The van der Waals surface area contributed by atoms with E-state index < -0.39 is 0 Å². The molecule has 0 unspecified atom stereocenters. The quantitative estimate of drug-likeness (QED) is 0.650. The van der Waals surface area contributed by atoms with Crippen molar-refractivity contribution in [3.63, 3.8) is 0 Å². The van der Waals surface area contributed by atoms with Crippen LogP contribution in [0.5, 0.6) is 0 Å². The van der Waals surface area contributed by atoms with Gasteiger partial charge in [0.2, 0.25) is 0 Å². The summed E-state index contributed by atoms with van der Waals surface area (Å²) in [5.74, 6) is 0. The molecule has 0 saturated heterocycles. The van der Waals surface area contributed by atoms with E-state index in [0.717, 1.165) is 23.0 Å². The van der Waals surface area contributed by atoms with Crippen molar-refractivity contribution in [2.75, 3.05) is 0 Å². The lowest BCUT2D eigenvalue weighted by Crippen LogP contribution is -2.10. The fourth-order valence-electron chi connectivity index (χ4n) is 1.13. The van der Waals surface area contributed by atoms with E-state index in [1.807, 2.05) is 18.2 Å². The van der Waals surface area contributed by atoms with Gasteiger partial charge in [-0.1, -0.05) is 12.1 Å². The summed E-state index contributed by atoms with van der Waals surface area (Å²) in [7, 11) is 0. The Balaban J connectivity index is 2.70. The van der Waals surface area contributed by atoms with Crippen LogP contribution in [0.3, 0.4) is 0 Å². The maximum atomic E-state index is 5.96. The summed E-state index contributed by atoms with van der Waals surface area (Å²) in [6.45, 7) is 3.67. The molecule has 0 saturated carbocycles. The Labute approximate surface area is 87.0 Å². The molecule has 3 heteroatoms. The number of hydrogen-bond donors (Lipinski definition) is 1. The number of hydrogen-bond acceptors (Lipinski definition) is 2. The van der Waals surface area contributed by atoms with E-state index in [1.54, 1.807) is 6.20 Å². The summed E-state index contributed by atoms with van der Waals surface area (Å²) in [5.41, 5.74) is 7.02. The highest BCUT2D eigenvalue weighted by Crippen LogP contribution is 2.22. The Kier molecular flexibility index (Phi) is 4.12. The van der Waals surface area contributed by atoms with Gasteiger partial charge in [-0.05, 0) is 34.8 Å². The summed E-state index contributed by atoms with van der Waals surface area (Å²) in [6.07, 6.45) is 5.47. The van der Waals surface area contributed by atoms with Crippen molar-refractivity contribution in [3.05, 3.63) is 41.2 Å². The van der Waals surface area contributed by atoms with Gasteiger partial charge in [-0.25, -0.2) is 4.98 Å². The predicted molar refractivity (Wildman–Crippen MR) is 58.3 cm³/mol. The molecule has 1 rings (SSSR count). The molecule has 2 nitrogen and oxygen atoms in total. The van der Waals surface area contributed by atoms with E-state index in [0.29, 0.717) is 0 Å². The highest BCUT2D eigenvalue weighted by molar-refractivity contribution is 9.10. The third kappa shape index (κ3) is 2.94. The fraction of sp³-hybridized carbons (Fsp3) is 0.300. The number of halogens is 1. The Hall–Kier alpha value is -0.670. The van der Waals surface area contributed by atoms with Gasteiger partial charge in [-0.15, -0.1) is 6.58 Å². The van der Waals surface area contributed by atoms with Crippen LogP contribution in [0.1, 0.15) is 24.4 Å².